The molecule has 98 valence electrons. The highest BCUT2D eigenvalue weighted by Gasteiger charge is 2.11. The summed E-state index contributed by atoms with van der Waals surface area (Å²) in [6.45, 7) is 0.229. The van der Waals surface area contributed by atoms with Crippen LogP contribution in [0.1, 0.15) is 16.9 Å². The molecule has 0 aliphatic carbocycles. The minimum atomic E-state index is -1.05. The van der Waals surface area contributed by atoms with Crippen molar-refractivity contribution in [1.29, 1.82) is 0 Å². The summed E-state index contributed by atoms with van der Waals surface area (Å²) in [6, 6.07) is 10.5. The van der Waals surface area contributed by atoms with Crippen molar-refractivity contribution < 1.29 is 14.7 Å². The highest BCUT2D eigenvalue weighted by atomic mass is 16.4. The number of rotatable bonds is 5. The molecule has 0 saturated heterocycles. The average molecular weight is 259 g/mol. The number of aryl methyl sites for hydroxylation is 1. The number of amides is 1. The van der Waals surface area contributed by atoms with Gasteiger partial charge < -0.3 is 10.4 Å². The van der Waals surface area contributed by atoms with E-state index in [1.54, 1.807) is 12.1 Å². The van der Waals surface area contributed by atoms with Gasteiger partial charge in [-0.3, -0.25) is 9.48 Å². The lowest BCUT2D eigenvalue weighted by molar-refractivity contribution is -0.116. The molecular formula is C13H13N3O3. The summed E-state index contributed by atoms with van der Waals surface area (Å²) >= 11 is 0. The van der Waals surface area contributed by atoms with Crippen molar-refractivity contribution in [2.24, 2.45) is 0 Å². The maximum absolute atomic E-state index is 11.7. The molecule has 6 heteroatoms. The molecular weight excluding hydrogens is 246 g/mol. The average Bonchev–Trinajstić information content (AvgIpc) is 2.86. The molecule has 0 bridgehead atoms. The zero-order valence-electron chi connectivity index (χ0n) is 10.1. The molecule has 2 aromatic rings. The summed E-state index contributed by atoms with van der Waals surface area (Å²) in [5, 5.41) is 15.5. The highest BCUT2D eigenvalue weighted by Crippen LogP contribution is 2.06. The largest absolute Gasteiger partial charge is 0.477 e. The van der Waals surface area contributed by atoms with Gasteiger partial charge in [0.15, 0.2) is 0 Å². The Morgan fingerprint density at radius 1 is 1.21 bits per heavy atom. The minimum Gasteiger partial charge on any atom is -0.477 e. The predicted molar refractivity (Wildman–Crippen MR) is 68.9 cm³/mol. The van der Waals surface area contributed by atoms with Gasteiger partial charge >= 0.3 is 5.97 Å². The molecule has 0 saturated carbocycles. The van der Waals surface area contributed by atoms with Crippen molar-refractivity contribution in [3.8, 4) is 0 Å². The van der Waals surface area contributed by atoms with E-state index in [-0.39, 0.29) is 24.6 Å². The molecule has 1 aromatic heterocycles. The van der Waals surface area contributed by atoms with Crippen molar-refractivity contribution in [1.82, 2.24) is 9.78 Å². The second kappa shape index (κ2) is 5.81. The molecule has 0 fully saturated rings. The fourth-order valence-corrected chi connectivity index (χ4v) is 1.64. The van der Waals surface area contributed by atoms with E-state index in [2.05, 4.69) is 10.4 Å². The van der Waals surface area contributed by atoms with E-state index < -0.39 is 5.97 Å². The van der Waals surface area contributed by atoms with Crippen molar-refractivity contribution in [3.63, 3.8) is 0 Å². The van der Waals surface area contributed by atoms with Gasteiger partial charge in [-0.25, -0.2) is 4.79 Å². The third-order valence-electron chi connectivity index (χ3n) is 2.54. The maximum atomic E-state index is 11.7. The first-order valence-electron chi connectivity index (χ1n) is 5.77. The number of aromatic nitrogens is 2. The Labute approximate surface area is 109 Å². The highest BCUT2D eigenvalue weighted by molar-refractivity contribution is 5.90. The SMILES string of the molecule is O=C(CCn1nccc1C(=O)O)Nc1ccccc1. The first kappa shape index (κ1) is 12.8. The van der Waals surface area contributed by atoms with Crippen LogP contribution in [-0.2, 0) is 11.3 Å². The fraction of sp³-hybridized carbons (Fsp3) is 0.154. The lowest BCUT2D eigenvalue weighted by atomic mass is 10.3. The van der Waals surface area contributed by atoms with Gasteiger partial charge in [-0.1, -0.05) is 18.2 Å². The van der Waals surface area contributed by atoms with Crippen LogP contribution >= 0.6 is 0 Å². The van der Waals surface area contributed by atoms with E-state index in [1.165, 1.54) is 16.9 Å². The van der Waals surface area contributed by atoms with E-state index in [0.29, 0.717) is 5.69 Å². The van der Waals surface area contributed by atoms with Crippen LogP contribution in [0.3, 0.4) is 0 Å². The lowest BCUT2D eigenvalue weighted by Gasteiger charge is -2.06. The van der Waals surface area contributed by atoms with Gasteiger partial charge in [-0.15, -0.1) is 0 Å². The summed E-state index contributed by atoms with van der Waals surface area (Å²) in [4.78, 5) is 22.5. The smallest absolute Gasteiger partial charge is 0.354 e. The van der Waals surface area contributed by atoms with Crippen LogP contribution in [0.15, 0.2) is 42.6 Å². The van der Waals surface area contributed by atoms with Crippen LogP contribution in [0.25, 0.3) is 0 Å². The topological polar surface area (TPSA) is 84.2 Å². The number of hydrogen-bond acceptors (Lipinski definition) is 3. The number of carbonyl (C=O) groups excluding carboxylic acids is 1. The number of nitrogens with zero attached hydrogens (tertiary/aromatic N) is 2. The zero-order valence-corrected chi connectivity index (χ0v) is 10.1. The quantitative estimate of drug-likeness (QED) is 0.854. The Morgan fingerprint density at radius 3 is 2.63 bits per heavy atom. The third-order valence-corrected chi connectivity index (χ3v) is 2.54. The summed E-state index contributed by atoms with van der Waals surface area (Å²) < 4.78 is 1.30. The number of hydrogen-bond donors (Lipinski definition) is 2. The van der Waals surface area contributed by atoms with Crippen LogP contribution in [0, 0.1) is 0 Å². The van der Waals surface area contributed by atoms with Crippen molar-refractivity contribution in [2.75, 3.05) is 5.32 Å². The van der Waals surface area contributed by atoms with Crippen molar-refractivity contribution in [3.05, 3.63) is 48.3 Å². The number of nitrogens with one attached hydrogen (secondary N) is 1. The van der Waals surface area contributed by atoms with Gasteiger partial charge in [0.2, 0.25) is 5.91 Å². The Hall–Kier alpha value is -2.63. The zero-order chi connectivity index (χ0) is 13.7. The molecule has 1 heterocycles. The van der Waals surface area contributed by atoms with Crippen LogP contribution < -0.4 is 5.32 Å². The van der Waals surface area contributed by atoms with Gasteiger partial charge in [0, 0.05) is 18.3 Å². The van der Waals surface area contributed by atoms with Gasteiger partial charge in [-0.2, -0.15) is 5.10 Å². The molecule has 0 atom stereocenters. The summed E-state index contributed by atoms with van der Waals surface area (Å²) in [6.07, 6.45) is 1.56. The summed E-state index contributed by atoms with van der Waals surface area (Å²) in [7, 11) is 0. The van der Waals surface area contributed by atoms with Crippen LogP contribution in [-0.4, -0.2) is 26.8 Å². The molecule has 2 rings (SSSR count). The van der Waals surface area contributed by atoms with Gasteiger partial charge in [0.1, 0.15) is 5.69 Å². The molecule has 1 amide bonds. The van der Waals surface area contributed by atoms with Crippen molar-refractivity contribution >= 4 is 17.6 Å². The second-order valence-corrected chi connectivity index (χ2v) is 3.91. The van der Waals surface area contributed by atoms with E-state index in [1.807, 2.05) is 18.2 Å². The number of aromatic carboxylic acids is 1. The van der Waals surface area contributed by atoms with E-state index in [0.717, 1.165) is 0 Å². The molecule has 0 spiro atoms. The van der Waals surface area contributed by atoms with Gasteiger partial charge in [0.25, 0.3) is 0 Å². The fourth-order valence-electron chi connectivity index (χ4n) is 1.64. The Balaban J connectivity index is 1.90. The number of para-hydroxylation sites is 1. The van der Waals surface area contributed by atoms with Crippen LogP contribution in [0.2, 0.25) is 0 Å². The predicted octanol–water partition coefficient (Wildman–Crippen LogP) is 1.61. The lowest BCUT2D eigenvalue weighted by Crippen LogP contribution is -2.17. The van der Waals surface area contributed by atoms with Gasteiger partial charge in [0.05, 0.1) is 6.54 Å². The summed E-state index contributed by atoms with van der Waals surface area (Å²) in [5.41, 5.74) is 0.791. The monoisotopic (exact) mass is 259 g/mol. The normalized spacial score (nSPS) is 10.1. The molecule has 0 aliphatic heterocycles. The van der Waals surface area contributed by atoms with Gasteiger partial charge in [-0.05, 0) is 18.2 Å². The number of carbonyl (C=O) groups is 2. The number of benzene rings is 1. The molecule has 2 N–H and O–H groups in total. The molecule has 6 nitrogen and oxygen atoms in total. The molecule has 0 radical (unpaired) electrons. The molecule has 0 unspecified atom stereocenters. The van der Waals surface area contributed by atoms with E-state index in [4.69, 9.17) is 5.11 Å². The Morgan fingerprint density at radius 2 is 1.95 bits per heavy atom. The van der Waals surface area contributed by atoms with Crippen LogP contribution in [0.5, 0.6) is 0 Å². The maximum Gasteiger partial charge on any atom is 0.354 e. The molecule has 19 heavy (non-hydrogen) atoms. The van der Waals surface area contributed by atoms with Crippen LogP contribution in [0.4, 0.5) is 5.69 Å². The summed E-state index contributed by atoms with van der Waals surface area (Å²) in [5.74, 6) is -1.24. The van der Waals surface area contributed by atoms with Crippen molar-refractivity contribution in [2.45, 2.75) is 13.0 Å². The Kier molecular flexibility index (Phi) is 3.92. The standard InChI is InChI=1S/C13H13N3O3/c17-12(15-10-4-2-1-3-5-10)7-9-16-11(13(18)19)6-8-14-16/h1-6,8H,7,9H2,(H,15,17)(H,18,19). The molecule has 1 aromatic carbocycles. The number of carboxylic acids is 1. The Bertz CT molecular complexity index is 578. The van der Waals surface area contributed by atoms with E-state index in [9.17, 15) is 9.59 Å². The third kappa shape index (κ3) is 3.41. The molecule has 0 aliphatic rings. The minimum absolute atomic E-state index is 0.0764. The number of anilines is 1. The first-order valence-corrected chi connectivity index (χ1v) is 5.77. The first-order chi connectivity index (χ1) is 9.16. The number of carboxylic acid groups (broad SMARTS) is 1. The second-order valence-electron chi connectivity index (χ2n) is 3.91. The van der Waals surface area contributed by atoms with E-state index >= 15 is 0 Å².